The SMILES string of the molecule is COc1ccc([C@H](CCC(C)C)N2CCNCC2)c(C)c1. The quantitative estimate of drug-likeness (QED) is 0.869. The highest BCUT2D eigenvalue weighted by molar-refractivity contribution is 5.36. The average molecular weight is 290 g/mol. The third-order valence-corrected chi connectivity index (χ3v) is 4.45. The van der Waals surface area contributed by atoms with Crippen molar-refractivity contribution in [2.75, 3.05) is 33.3 Å². The smallest absolute Gasteiger partial charge is 0.119 e. The Morgan fingerprint density at radius 3 is 2.48 bits per heavy atom. The highest BCUT2D eigenvalue weighted by Crippen LogP contribution is 2.31. The second kappa shape index (κ2) is 7.81. The number of benzene rings is 1. The molecular weight excluding hydrogens is 260 g/mol. The van der Waals surface area contributed by atoms with Crippen LogP contribution in [0.5, 0.6) is 5.75 Å². The number of aryl methyl sites for hydroxylation is 1. The van der Waals surface area contributed by atoms with E-state index < -0.39 is 0 Å². The molecule has 1 aliphatic rings. The second-order valence-corrected chi connectivity index (χ2v) is 6.50. The van der Waals surface area contributed by atoms with E-state index in [4.69, 9.17) is 4.74 Å². The van der Waals surface area contributed by atoms with Gasteiger partial charge in [0.2, 0.25) is 0 Å². The van der Waals surface area contributed by atoms with E-state index in [1.165, 1.54) is 24.0 Å². The second-order valence-electron chi connectivity index (χ2n) is 6.50. The summed E-state index contributed by atoms with van der Waals surface area (Å²) in [5.74, 6) is 1.72. The van der Waals surface area contributed by atoms with Crippen LogP contribution >= 0.6 is 0 Å². The van der Waals surface area contributed by atoms with Crippen molar-refractivity contribution in [1.82, 2.24) is 10.2 Å². The largest absolute Gasteiger partial charge is 0.497 e. The molecule has 2 rings (SSSR count). The van der Waals surface area contributed by atoms with Gasteiger partial charge in [0.25, 0.3) is 0 Å². The van der Waals surface area contributed by atoms with Gasteiger partial charge >= 0.3 is 0 Å². The Balaban J connectivity index is 2.20. The summed E-state index contributed by atoms with van der Waals surface area (Å²) in [5.41, 5.74) is 2.82. The van der Waals surface area contributed by atoms with Crippen LogP contribution in [0.2, 0.25) is 0 Å². The lowest BCUT2D eigenvalue weighted by molar-refractivity contribution is 0.159. The van der Waals surface area contributed by atoms with Gasteiger partial charge in [-0.3, -0.25) is 4.90 Å². The average Bonchev–Trinajstić information content (AvgIpc) is 2.49. The molecule has 1 aliphatic heterocycles. The van der Waals surface area contributed by atoms with Gasteiger partial charge < -0.3 is 10.1 Å². The summed E-state index contributed by atoms with van der Waals surface area (Å²) >= 11 is 0. The van der Waals surface area contributed by atoms with Gasteiger partial charge in [-0.05, 0) is 48.9 Å². The summed E-state index contributed by atoms with van der Waals surface area (Å²) in [6.07, 6.45) is 2.52. The minimum absolute atomic E-state index is 0.542. The molecule has 0 saturated carbocycles. The zero-order valence-corrected chi connectivity index (χ0v) is 14.0. The summed E-state index contributed by atoms with van der Waals surface area (Å²) in [4.78, 5) is 2.65. The molecule has 3 heteroatoms. The Morgan fingerprint density at radius 1 is 1.19 bits per heavy atom. The first-order chi connectivity index (χ1) is 10.1. The van der Waals surface area contributed by atoms with Gasteiger partial charge in [-0.2, -0.15) is 0 Å². The first kappa shape index (κ1) is 16.3. The number of ether oxygens (including phenoxy) is 1. The molecule has 0 unspecified atom stereocenters. The molecule has 0 amide bonds. The maximum Gasteiger partial charge on any atom is 0.119 e. The number of piperazine rings is 1. The molecule has 3 nitrogen and oxygen atoms in total. The number of nitrogens with zero attached hydrogens (tertiary/aromatic N) is 1. The van der Waals surface area contributed by atoms with Crippen LogP contribution in [0.1, 0.15) is 43.9 Å². The van der Waals surface area contributed by atoms with Gasteiger partial charge in [0, 0.05) is 32.2 Å². The maximum atomic E-state index is 5.35. The lowest BCUT2D eigenvalue weighted by Gasteiger charge is -2.36. The first-order valence-corrected chi connectivity index (χ1v) is 8.21. The standard InChI is InChI=1S/C18H30N2O/c1-14(2)5-8-18(20-11-9-19-10-12-20)17-7-6-16(21-4)13-15(17)3/h6-7,13-14,18-19H,5,8-12H2,1-4H3/t18-/m0/s1. The zero-order chi connectivity index (χ0) is 15.2. The van der Waals surface area contributed by atoms with Crippen LogP contribution in [0.25, 0.3) is 0 Å². The molecule has 118 valence electrons. The van der Waals surface area contributed by atoms with Crippen molar-refractivity contribution in [2.45, 2.75) is 39.7 Å². The molecule has 1 atom stereocenters. The summed E-state index contributed by atoms with van der Waals surface area (Å²) in [7, 11) is 1.74. The molecule has 1 fully saturated rings. The predicted octanol–water partition coefficient (Wildman–Crippen LogP) is 3.39. The minimum Gasteiger partial charge on any atom is -0.497 e. The van der Waals surface area contributed by atoms with Crippen molar-refractivity contribution in [3.05, 3.63) is 29.3 Å². The van der Waals surface area contributed by atoms with E-state index in [1.54, 1.807) is 7.11 Å². The van der Waals surface area contributed by atoms with Crippen LogP contribution in [-0.4, -0.2) is 38.2 Å². The zero-order valence-electron chi connectivity index (χ0n) is 14.0. The molecule has 0 aliphatic carbocycles. The molecule has 0 spiro atoms. The van der Waals surface area contributed by atoms with Crippen LogP contribution in [0.15, 0.2) is 18.2 Å². The molecule has 21 heavy (non-hydrogen) atoms. The fourth-order valence-corrected chi connectivity index (χ4v) is 3.17. The van der Waals surface area contributed by atoms with Gasteiger partial charge in [-0.15, -0.1) is 0 Å². The Bertz CT molecular complexity index is 439. The van der Waals surface area contributed by atoms with Crippen LogP contribution in [-0.2, 0) is 0 Å². The summed E-state index contributed by atoms with van der Waals surface area (Å²) in [6.45, 7) is 11.3. The van der Waals surface area contributed by atoms with Crippen molar-refractivity contribution >= 4 is 0 Å². The summed E-state index contributed by atoms with van der Waals surface area (Å²) < 4.78 is 5.35. The number of hydrogen-bond donors (Lipinski definition) is 1. The predicted molar refractivity (Wildman–Crippen MR) is 89.0 cm³/mol. The summed E-state index contributed by atoms with van der Waals surface area (Å²) in [5, 5.41) is 3.46. The van der Waals surface area contributed by atoms with Crippen LogP contribution in [0, 0.1) is 12.8 Å². The Hall–Kier alpha value is -1.06. The number of methoxy groups -OCH3 is 1. The lowest BCUT2D eigenvalue weighted by Crippen LogP contribution is -2.45. The maximum absolute atomic E-state index is 5.35. The molecule has 1 aromatic rings. The van der Waals surface area contributed by atoms with E-state index in [0.717, 1.165) is 37.8 Å². The van der Waals surface area contributed by atoms with Gasteiger partial charge in [0.15, 0.2) is 0 Å². The monoisotopic (exact) mass is 290 g/mol. The van der Waals surface area contributed by atoms with E-state index in [1.807, 2.05) is 0 Å². The Morgan fingerprint density at radius 2 is 1.90 bits per heavy atom. The number of rotatable bonds is 6. The molecular formula is C18H30N2O. The van der Waals surface area contributed by atoms with E-state index in [-0.39, 0.29) is 0 Å². The van der Waals surface area contributed by atoms with Crippen molar-refractivity contribution in [3.8, 4) is 5.75 Å². The van der Waals surface area contributed by atoms with Gasteiger partial charge in [0.05, 0.1) is 7.11 Å². The fourth-order valence-electron chi connectivity index (χ4n) is 3.17. The van der Waals surface area contributed by atoms with Gasteiger partial charge in [0.1, 0.15) is 5.75 Å². The molecule has 1 N–H and O–H groups in total. The van der Waals surface area contributed by atoms with Gasteiger partial charge in [-0.25, -0.2) is 0 Å². The molecule has 1 aromatic carbocycles. The highest BCUT2D eigenvalue weighted by atomic mass is 16.5. The molecule has 0 radical (unpaired) electrons. The molecule has 0 bridgehead atoms. The molecule has 1 heterocycles. The number of hydrogen-bond acceptors (Lipinski definition) is 3. The van der Waals surface area contributed by atoms with Crippen LogP contribution in [0.4, 0.5) is 0 Å². The third-order valence-electron chi connectivity index (χ3n) is 4.45. The van der Waals surface area contributed by atoms with Crippen LogP contribution < -0.4 is 10.1 Å². The fraction of sp³-hybridized carbons (Fsp3) is 0.667. The van der Waals surface area contributed by atoms with E-state index in [9.17, 15) is 0 Å². The minimum atomic E-state index is 0.542. The highest BCUT2D eigenvalue weighted by Gasteiger charge is 2.23. The van der Waals surface area contributed by atoms with E-state index in [0.29, 0.717) is 6.04 Å². The van der Waals surface area contributed by atoms with Crippen molar-refractivity contribution in [2.24, 2.45) is 5.92 Å². The van der Waals surface area contributed by atoms with Crippen molar-refractivity contribution < 1.29 is 4.74 Å². The number of nitrogens with one attached hydrogen (secondary N) is 1. The molecule has 0 aromatic heterocycles. The lowest BCUT2D eigenvalue weighted by atomic mass is 9.93. The summed E-state index contributed by atoms with van der Waals surface area (Å²) in [6, 6.07) is 7.08. The topological polar surface area (TPSA) is 24.5 Å². The Kier molecular flexibility index (Phi) is 6.07. The normalized spacial score (nSPS) is 18.0. The van der Waals surface area contributed by atoms with Crippen LogP contribution in [0.3, 0.4) is 0 Å². The van der Waals surface area contributed by atoms with Gasteiger partial charge in [-0.1, -0.05) is 19.9 Å². The van der Waals surface area contributed by atoms with Crippen molar-refractivity contribution in [1.29, 1.82) is 0 Å². The first-order valence-electron chi connectivity index (χ1n) is 8.21. The Labute approximate surface area is 129 Å². The third kappa shape index (κ3) is 4.45. The molecule has 1 saturated heterocycles. The van der Waals surface area contributed by atoms with Crippen molar-refractivity contribution in [3.63, 3.8) is 0 Å². The van der Waals surface area contributed by atoms with E-state index in [2.05, 4.69) is 49.2 Å². The van der Waals surface area contributed by atoms with E-state index >= 15 is 0 Å².